The molecule has 3 aromatic rings. The van der Waals surface area contributed by atoms with Crippen molar-refractivity contribution in [2.45, 2.75) is 0 Å². The van der Waals surface area contributed by atoms with Gasteiger partial charge in [-0.25, -0.2) is 4.98 Å². The Bertz CT molecular complexity index is 633. The van der Waals surface area contributed by atoms with E-state index in [4.69, 9.17) is 9.68 Å². The Morgan fingerprint density at radius 3 is 2.56 bits per heavy atom. The number of rotatable bonds is 3. The summed E-state index contributed by atoms with van der Waals surface area (Å²) in [6.07, 6.45) is 0. The molecular weight excluding hydrogens is 245 g/mol. The van der Waals surface area contributed by atoms with E-state index in [0.29, 0.717) is 5.75 Å². The van der Waals surface area contributed by atoms with Gasteiger partial charge in [0, 0.05) is 5.56 Å². The molecule has 0 fully saturated rings. The highest BCUT2D eigenvalue weighted by Gasteiger charge is 2.05. The fourth-order valence-corrected chi connectivity index (χ4v) is 2.74. The van der Waals surface area contributed by atoms with E-state index in [9.17, 15) is 0 Å². The number of fused-ring (bicyclic) bond motifs is 1. The molecule has 0 aliphatic rings. The summed E-state index contributed by atoms with van der Waals surface area (Å²) >= 11 is 1.67. The summed E-state index contributed by atoms with van der Waals surface area (Å²) < 4.78 is 6.18. The summed E-state index contributed by atoms with van der Waals surface area (Å²) in [5.74, 6) is 0.655. The molecule has 0 amide bonds. The zero-order valence-corrected chi connectivity index (χ0v) is 10.4. The first-order chi connectivity index (χ1) is 8.86. The summed E-state index contributed by atoms with van der Waals surface area (Å²) in [7, 11) is -0.305. The molecule has 1 heterocycles. The summed E-state index contributed by atoms with van der Waals surface area (Å²) in [5.41, 5.74) is 2.08. The number of nitrogens with zero attached hydrogens (tertiary/aromatic N) is 1. The van der Waals surface area contributed by atoms with E-state index in [1.807, 2.05) is 42.5 Å². The van der Waals surface area contributed by atoms with E-state index in [1.165, 1.54) is 4.70 Å². The lowest BCUT2D eigenvalue weighted by atomic mass is 10.2. The molecule has 0 spiro atoms. The third kappa shape index (κ3) is 2.10. The molecule has 0 saturated heterocycles. The highest BCUT2D eigenvalue weighted by Crippen LogP contribution is 2.30. The van der Waals surface area contributed by atoms with Gasteiger partial charge in [-0.3, -0.25) is 0 Å². The van der Waals surface area contributed by atoms with Gasteiger partial charge in [-0.05, 0) is 36.4 Å². The van der Waals surface area contributed by atoms with Crippen LogP contribution in [-0.2, 0) is 0 Å². The Kier molecular flexibility index (Phi) is 3.00. The minimum absolute atomic E-state index is 0.305. The van der Waals surface area contributed by atoms with Crippen LogP contribution in [0.15, 0.2) is 48.5 Å². The molecule has 0 radical (unpaired) electrons. The molecule has 0 atom stereocenters. The van der Waals surface area contributed by atoms with Crippen LogP contribution in [0.25, 0.3) is 20.8 Å². The molecule has 2 aromatic carbocycles. The molecule has 0 bridgehead atoms. The smallest absolute Gasteiger partial charge is 0.504 e. The van der Waals surface area contributed by atoms with Crippen LogP contribution < -0.4 is 4.65 Å². The Balaban J connectivity index is 1.98. The minimum atomic E-state index is -0.305. The second-order valence-electron chi connectivity index (χ2n) is 3.78. The molecule has 0 unspecified atom stereocenters. The van der Waals surface area contributed by atoms with Gasteiger partial charge in [0.05, 0.1) is 10.2 Å². The van der Waals surface area contributed by atoms with Crippen molar-refractivity contribution in [1.29, 1.82) is 0 Å². The monoisotopic (exact) mass is 255 g/mol. The number of aromatic nitrogens is 1. The van der Waals surface area contributed by atoms with Crippen LogP contribution in [0.1, 0.15) is 0 Å². The lowest BCUT2D eigenvalue weighted by molar-refractivity contribution is 0.454. The third-order valence-electron chi connectivity index (χ3n) is 2.63. The summed E-state index contributed by atoms with van der Waals surface area (Å²) in [5, 5.41) is 9.66. The normalized spacial score (nSPS) is 10.5. The topological polar surface area (TPSA) is 42.4 Å². The molecule has 1 N–H and O–H groups in total. The van der Waals surface area contributed by atoms with Gasteiger partial charge in [-0.15, -0.1) is 11.3 Å². The van der Waals surface area contributed by atoms with Gasteiger partial charge in [0.15, 0.2) is 0 Å². The predicted molar refractivity (Wildman–Crippen MR) is 75.1 cm³/mol. The first-order valence-corrected chi connectivity index (χ1v) is 6.38. The SMILES string of the molecule is OBOc1ccc(-c2nc3ccccc3s2)cc1. The zero-order valence-electron chi connectivity index (χ0n) is 9.54. The van der Waals surface area contributed by atoms with E-state index in [2.05, 4.69) is 11.1 Å². The maximum atomic E-state index is 8.67. The highest BCUT2D eigenvalue weighted by molar-refractivity contribution is 7.21. The Morgan fingerprint density at radius 1 is 1.06 bits per heavy atom. The fourth-order valence-electron chi connectivity index (χ4n) is 1.76. The van der Waals surface area contributed by atoms with Gasteiger partial charge >= 0.3 is 7.69 Å². The second kappa shape index (κ2) is 4.80. The van der Waals surface area contributed by atoms with Crippen LogP contribution in [-0.4, -0.2) is 17.7 Å². The fraction of sp³-hybridized carbons (Fsp3) is 0. The van der Waals surface area contributed by atoms with Crippen molar-refractivity contribution in [3.8, 4) is 16.3 Å². The van der Waals surface area contributed by atoms with E-state index in [0.717, 1.165) is 16.1 Å². The Hall–Kier alpha value is -1.85. The molecule has 0 aliphatic carbocycles. The number of thiazole rings is 1. The zero-order chi connectivity index (χ0) is 12.4. The number of hydrogen-bond acceptors (Lipinski definition) is 4. The first-order valence-electron chi connectivity index (χ1n) is 5.56. The van der Waals surface area contributed by atoms with Crippen LogP contribution >= 0.6 is 11.3 Å². The minimum Gasteiger partial charge on any atom is -0.539 e. The largest absolute Gasteiger partial charge is 0.539 e. The second-order valence-corrected chi connectivity index (χ2v) is 4.82. The Labute approximate surface area is 109 Å². The van der Waals surface area contributed by atoms with Crippen LogP contribution in [0, 0.1) is 0 Å². The number of hydrogen-bond donors (Lipinski definition) is 1. The quantitative estimate of drug-likeness (QED) is 0.731. The van der Waals surface area contributed by atoms with Gasteiger partial charge < -0.3 is 9.68 Å². The van der Waals surface area contributed by atoms with Crippen molar-refractivity contribution in [2.75, 3.05) is 0 Å². The first kappa shape index (κ1) is 11.3. The number of para-hydroxylation sites is 1. The van der Waals surface area contributed by atoms with Crippen LogP contribution in [0.3, 0.4) is 0 Å². The highest BCUT2D eigenvalue weighted by atomic mass is 32.1. The van der Waals surface area contributed by atoms with E-state index in [1.54, 1.807) is 11.3 Å². The van der Waals surface area contributed by atoms with Crippen molar-refractivity contribution in [2.24, 2.45) is 0 Å². The van der Waals surface area contributed by atoms with Gasteiger partial charge in [0.1, 0.15) is 10.8 Å². The molecule has 1 aromatic heterocycles. The van der Waals surface area contributed by atoms with Crippen molar-refractivity contribution >= 4 is 29.2 Å². The summed E-state index contributed by atoms with van der Waals surface area (Å²) in [4.78, 5) is 4.59. The average Bonchev–Trinajstić information content (AvgIpc) is 2.84. The summed E-state index contributed by atoms with van der Waals surface area (Å²) in [6.45, 7) is 0. The molecule has 0 saturated carbocycles. The predicted octanol–water partition coefficient (Wildman–Crippen LogP) is 2.60. The van der Waals surface area contributed by atoms with Crippen molar-refractivity contribution in [1.82, 2.24) is 4.98 Å². The van der Waals surface area contributed by atoms with E-state index in [-0.39, 0.29) is 7.69 Å². The maximum Gasteiger partial charge on any atom is 0.504 e. The molecule has 88 valence electrons. The van der Waals surface area contributed by atoms with E-state index < -0.39 is 0 Å². The van der Waals surface area contributed by atoms with Gasteiger partial charge in [-0.2, -0.15) is 0 Å². The van der Waals surface area contributed by atoms with Crippen molar-refractivity contribution in [3.63, 3.8) is 0 Å². The number of benzene rings is 2. The summed E-state index contributed by atoms with van der Waals surface area (Å²) in [6, 6.07) is 15.6. The molecular formula is C13H10BNO2S. The van der Waals surface area contributed by atoms with Crippen LogP contribution in [0.5, 0.6) is 5.75 Å². The molecule has 3 rings (SSSR count). The average molecular weight is 255 g/mol. The Morgan fingerprint density at radius 2 is 1.83 bits per heavy atom. The molecule has 0 aliphatic heterocycles. The van der Waals surface area contributed by atoms with Crippen molar-refractivity contribution in [3.05, 3.63) is 48.5 Å². The standard InChI is InChI=1S/C13H10BNO2S/c16-14-17-10-7-5-9(6-8-10)13-15-11-3-1-2-4-12(11)18-13/h1-8,14,16H. The lowest BCUT2D eigenvalue weighted by Crippen LogP contribution is -1.99. The maximum absolute atomic E-state index is 8.67. The van der Waals surface area contributed by atoms with Gasteiger partial charge in [-0.1, -0.05) is 12.1 Å². The lowest BCUT2D eigenvalue weighted by Gasteiger charge is -2.01. The molecule has 3 nitrogen and oxygen atoms in total. The van der Waals surface area contributed by atoms with Crippen LogP contribution in [0.4, 0.5) is 0 Å². The van der Waals surface area contributed by atoms with Crippen LogP contribution in [0.2, 0.25) is 0 Å². The van der Waals surface area contributed by atoms with E-state index >= 15 is 0 Å². The third-order valence-corrected chi connectivity index (χ3v) is 3.71. The molecule has 5 heteroatoms. The van der Waals surface area contributed by atoms with Gasteiger partial charge in [0.25, 0.3) is 0 Å². The van der Waals surface area contributed by atoms with Gasteiger partial charge in [0.2, 0.25) is 0 Å². The molecule has 18 heavy (non-hydrogen) atoms. The van der Waals surface area contributed by atoms with Crippen molar-refractivity contribution < 1.29 is 9.68 Å².